The molecule has 152 valence electrons. The van der Waals surface area contributed by atoms with Crippen LogP contribution in [-0.2, 0) is 17.7 Å². The first-order valence-corrected chi connectivity index (χ1v) is 10.2. The number of rotatable bonds is 9. The molecule has 1 aromatic heterocycles. The number of benzene rings is 1. The van der Waals surface area contributed by atoms with Crippen LogP contribution in [0.15, 0.2) is 40.7 Å². The SMILES string of the molecule is CCNC(=NCc1ccc(OC)c(C(=O)OC)c1)NCC(C)Cc1cccs1. The van der Waals surface area contributed by atoms with E-state index in [0.29, 0.717) is 23.8 Å². The van der Waals surface area contributed by atoms with Crippen molar-refractivity contribution in [2.75, 3.05) is 27.3 Å². The van der Waals surface area contributed by atoms with Gasteiger partial charge in [0.05, 0.1) is 20.8 Å². The second kappa shape index (κ2) is 11.3. The molecule has 0 saturated heterocycles. The van der Waals surface area contributed by atoms with E-state index in [1.165, 1.54) is 19.1 Å². The van der Waals surface area contributed by atoms with Gasteiger partial charge in [-0.15, -0.1) is 11.3 Å². The molecule has 2 N–H and O–H groups in total. The van der Waals surface area contributed by atoms with Crippen LogP contribution in [0.3, 0.4) is 0 Å². The number of methoxy groups -OCH3 is 2. The lowest BCUT2D eigenvalue weighted by Crippen LogP contribution is -2.39. The summed E-state index contributed by atoms with van der Waals surface area (Å²) in [6, 6.07) is 9.68. The summed E-state index contributed by atoms with van der Waals surface area (Å²) in [4.78, 5) is 18.0. The number of hydrogen-bond donors (Lipinski definition) is 2. The lowest BCUT2D eigenvalue weighted by atomic mass is 10.1. The molecule has 0 saturated carbocycles. The van der Waals surface area contributed by atoms with E-state index in [4.69, 9.17) is 9.47 Å². The Kier molecular flexibility index (Phi) is 8.81. The number of esters is 1. The normalized spacial score (nSPS) is 12.4. The molecule has 0 aliphatic carbocycles. The maximum atomic E-state index is 11.9. The molecule has 0 radical (unpaired) electrons. The maximum absolute atomic E-state index is 11.9. The van der Waals surface area contributed by atoms with Crippen LogP contribution in [0, 0.1) is 5.92 Å². The first-order chi connectivity index (χ1) is 13.6. The highest BCUT2D eigenvalue weighted by molar-refractivity contribution is 7.09. The van der Waals surface area contributed by atoms with E-state index in [1.54, 1.807) is 23.5 Å². The molecule has 1 unspecified atom stereocenters. The number of ether oxygens (including phenoxy) is 2. The predicted molar refractivity (Wildman–Crippen MR) is 114 cm³/mol. The molecule has 2 rings (SSSR count). The second-order valence-electron chi connectivity index (χ2n) is 6.49. The maximum Gasteiger partial charge on any atom is 0.341 e. The molecule has 0 bridgehead atoms. The Hall–Kier alpha value is -2.54. The topological polar surface area (TPSA) is 72.0 Å². The van der Waals surface area contributed by atoms with E-state index < -0.39 is 5.97 Å². The molecule has 0 amide bonds. The number of guanidine groups is 1. The van der Waals surface area contributed by atoms with E-state index in [1.807, 2.05) is 13.0 Å². The van der Waals surface area contributed by atoms with Gasteiger partial charge >= 0.3 is 5.97 Å². The molecule has 6 nitrogen and oxygen atoms in total. The molecule has 1 atom stereocenters. The lowest BCUT2D eigenvalue weighted by molar-refractivity contribution is 0.0597. The molecule has 0 aliphatic heterocycles. The Morgan fingerprint density at radius 1 is 1.25 bits per heavy atom. The minimum Gasteiger partial charge on any atom is -0.496 e. The van der Waals surface area contributed by atoms with Crippen molar-refractivity contribution in [1.82, 2.24) is 10.6 Å². The van der Waals surface area contributed by atoms with Gasteiger partial charge in [0.25, 0.3) is 0 Å². The molecular weight excluding hydrogens is 374 g/mol. The highest BCUT2D eigenvalue weighted by Crippen LogP contribution is 2.21. The second-order valence-corrected chi connectivity index (χ2v) is 7.52. The molecule has 7 heteroatoms. The number of nitrogens with zero attached hydrogens (tertiary/aromatic N) is 1. The van der Waals surface area contributed by atoms with Crippen LogP contribution < -0.4 is 15.4 Å². The van der Waals surface area contributed by atoms with E-state index in [2.05, 4.69) is 40.1 Å². The van der Waals surface area contributed by atoms with Crippen molar-refractivity contribution in [3.05, 3.63) is 51.7 Å². The van der Waals surface area contributed by atoms with Gasteiger partial charge in [-0.05, 0) is 48.4 Å². The highest BCUT2D eigenvalue weighted by atomic mass is 32.1. The molecule has 1 heterocycles. The van der Waals surface area contributed by atoms with Crippen LogP contribution in [0.2, 0.25) is 0 Å². The van der Waals surface area contributed by atoms with Crippen molar-refractivity contribution in [3.63, 3.8) is 0 Å². The summed E-state index contributed by atoms with van der Waals surface area (Å²) < 4.78 is 10.1. The quantitative estimate of drug-likeness (QED) is 0.381. The smallest absolute Gasteiger partial charge is 0.341 e. The Balaban J connectivity index is 2.00. The third-order valence-electron chi connectivity index (χ3n) is 4.18. The third-order valence-corrected chi connectivity index (χ3v) is 5.08. The van der Waals surface area contributed by atoms with Crippen molar-refractivity contribution < 1.29 is 14.3 Å². The summed E-state index contributed by atoms with van der Waals surface area (Å²) in [5.41, 5.74) is 1.31. The Morgan fingerprint density at radius 3 is 2.71 bits per heavy atom. The molecule has 2 aromatic rings. The van der Waals surface area contributed by atoms with Gasteiger partial charge in [0, 0.05) is 18.0 Å². The average molecular weight is 404 g/mol. The fraction of sp³-hybridized carbons (Fsp3) is 0.429. The van der Waals surface area contributed by atoms with E-state index in [0.717, 1.165) is 31.0 Å². The van der Waals surface area contributed by atoms with Crippen LogP contribution in [0.5, 0.6) is 5.75 Å². The summed E-state index contributed by atoms with van der Waals surface area (Å²) >= 11 is 1.79. The summed E-state index contributed by atoms with van der Waals surface area (Å²) in [5, 5.41) is 8.77. The van der Waals surface area contributed by atoms with Gasteiger partial charge in [-0.1, -0.05) is 19.1 Å². The number of carbonyl (C=O) groups excluding carboxylic acids is 1. The summed E-state index contributed by atoms with van der Waals surface area (Å²) in [5.74, 6) is 1.33. The Labute approximate surface area is 171 Å². The summed E-state index contributed by atoms with van der Waals surface area (Å²) in [6.07, 6.45) is 1.05. The zero-order valence-corrected chi connectivity index (χ0v) is 17.8. The zero-order valence-electron chi connectivity index (χ0n) is 17.0. The molecule has 0 fully saturated rings. The van der Waals surface area contributed by atoms with Gasteiger partial charge in [-0.3, -0.25) is 0 Å². The highest BCUT2D eigenvalue weighted by Gasteiger charge is 2.13. The zero-order chi connectivity index (χ0) is 20.4. The lowest BCUT2D eigenvalue weighted by Gasteiger charge is -2.15. The van der Waals surface area contributed by atoms with Crippen LogP contribution in [0.25, 0.3) is 0 Å². The molecule has 0 spiro atoms. The number of nitrogens with one attached hydrogen (secondary N) is 2. The number of carbonyl (C=O) groups is 1. The standard InChI is InChI=1S/C21H29N3O3S/c1-5-22-21(23-13-15(2)11-17-7-6-10-28-17)24-14-16-8-9-19(26-3)18(12-16)20(25)27-4/h6-10,12,15H,5,11,13-14H2,1-4H3,(H2,22,23,24). The fourth-order valence-corrected chi connectivity index (χ4v) is 3.62. The van der Waals surface area contributed by atoms with E-state index in [9.17, 15) is 4.79 Å². The van der Waals surface area contributed by atoms with Crippen molar-refractivity contribution >= 4 is 23.3 Å². The van der Waals surface area contributed by atoms with Gasteiger partial charge in [0.2, 0.25) is 0 Å². The number of aliphatic imine (C=N–C) groups is 1. The van der Waals surface area contributed by atoms with E-state index >= 15 is 0 Å². The third kappa shape index (κ3) is 6.56. The summed E-state index contributed by atoms with van der Waals surface area (Å²) in [6.45, 7) is 6.32. The minimum atomic E-state index is -0.421. The molecule has 1 aromatic carbocycles. The number of hydrogen-bond acceptors (Lipinski definition) is 5. The van der Waals surface area contributed by atoms with Gasteiger partial charge in [-0.2, -0.15) is 0 Å². The molecule has 28 heavy (non-hydrogen) atoms. The van der Waals surface area contributed by atoms with Crippen LogP contribution in [0.4, 0.5) is 0 Å². The first kappa shape index (κ1) is 21.8. The minimum absolute atomic E-state index is 0.403. The monoisotopic (exact) mass is 403 g/mol. The van der Waals surface area contributed by atoms with Crippen molar-refractivity contribution in [3.8, 4) is 5.75 Å². The molecule has 0 aliphatic rings. The Morgan fingerprint density at radius 2 is 2.07 bits per heavy atom. The van der Waals surface area contributed by atoms with Crippen molar-refractivity contribution in [2.24, 2.45) is 10.9 Å². The van der Waals surface area contributed by atoms with Crippen LogP contribution in [-0.4, -0.2) is 39.2 Å². The van der Waals surface area contributed by atoms with Crippen molar-refractivity contribution in [1.29, 1.82) is 0 Å². The van der Waals surface area contributed by atoms with Gasteiger partial charge in [0.15, 0.2) is 5.96 Å². The van der Waals surface area contributed by atoms with Crippen LogP contribution >= 0.6 is 11.3 Å². The van der Waals surface area contributed by atoms with Crippen LogP contribution in [0.1, 0.15) is 34.6 Å². The van der Waals surface area contributed by atoms with Crippen molar-refractivity contribution in [2.45, 2.75) is 26.8 Å². The molecular formula is C21H29N3O3S. The van der Waals surface area contributed by atoms with E-state index in [-0.39, 0.29) is 0 Å². The Bertz CT molecular complexity index is 775. The predicted octanol–water partition coefficient (Wildman–Crippen LogP) is 3.48. The fourth-order valence-electron chi connectivity index (χ4n) is 2.75. The number of thiophene rings is 1. The average Bonchev–Trinajstić information content (AvgIpc) is 3.22. The van der Waals surface area contributed by atoms with Gasteiger partial charge < -0.3 is 20.1 Å². The summed E-state index contributed by atoms with van der Waals surface area (Å²) in [7, 11) is 2.89. The van der Waals surface area contributed by atoms with Gasteiger partial charge in [-0.25, -0.2) is 9.79 Å². The first-order valence-electron chi connectivity index (χ1n) is 9.37. The largest absolute Gasteiger partial charge is 0.496 e. The van der Waals surface area contributed by atoms with Gasteiger partial charge in [0.1, 0.15) is 11.3 Å².